The highest BCUT2D eigenvalue weighted by Crippen LogP contribution is 2.11. The molecule has 1 unspecified atom stereocenters. The Bertz CT molecular complexity index is 467. The molecule has 2 nitrogen and oxygen atoms in total. The molecule has 1 heterocycles. The molecule has 1 aromatic heterocycles. The summed E-state index contributed by atoms with van der Waals surface area (Å²) in [6.45, 7) is 3.31. The monoisotopic (exact) mass is 254 g/mol. The largest absolute Gasteiger partial charge is 0.299 e. The average Bonchev–Trinajstić information content (AvgIpc) is 2.47. The van der Waals surface area contributed by atoms with Gasteiger partial charge in [0.2, 0.25) is 0 Å². The number of nitrogens with zero attached hydrogens (tertiary/aromatic N) is 2. The number of hydrogen-bond donors (Lipinski definition) is 0. The average molecular weight is 254 g/mol. The molecule has 100 valence electrons. The van der Waals surface area contributed by atoms with Crippen molar-refractivity contribution in [3.05, 3.63) is 66.0 Å². The van der Waals surface area contributed by atoms with Crippen molar-refractivity contribution in [2.75, 3.05) is 7.05 Å². The van der Waals surface area contributed by atoms with E-state index in [1.807, 2.05) is 12.4 Å². The van der Waals surface area contributed by atoms with Crippen LogP contribution in [0.15, 0.2) is 54.9 Å². The number of rotatable bonds is 6. The van der Waals surface area contributed by atoms with Gasteiger partial charge in [-0.25, -0.2) is 0 Å². The van der Waals surface area contributed by atoms with E-state index in [0.717, 1.165) is 13.0 Å². The molecule has 0 amide bonds. The lowest BCUT2D eigenvalue weighted by molar-refractivity contribution is 0.238. The maximum Gasteiger partial charge on any atom is 0.0270 e. The molecule has 0 bridgehead atoms. The Balaban J connectivity index is 1.81. The Kier molecular flexibility index (Phi) is 5.10. The molecule has 0 saturated carbocycles. The molecule has 1 atom stereocenters. The first-order chi connectivity index (χ1) is 9.25. The number of aryl methyl sites for hydroxylation is 1. The number of hydrogen-bond acceptors (Lipinski definition) is 2. The van der Waals surface area contributed by atoms with E-state index in [9.17, 15) is 0 Å². The maximum absolute atomic E-state index is 4.05. The quantitative estimate of drug-likeness (QED) is 0.784. The minimum Gasteiger partial charge on any atom is -0.299 e. The number of benzene rings is 1. The number of pyridine rings is 1. The molecule has 0 fully saturated rings. The maximum atomic E-state index is 4.05. The summed E-state index contributed by atoms with van der Waals surface area (Å²) in [7, 11) is 2.20. The summed E-state index contributed by atoms with van der Waals surface area (Å²) >= 11 is 0. The topological polar surface area (TPSA) is 16.1 Å². The van der Waals surface area contributed by atoms with Crippen LogP contribution in [0.2, 0.25) is 0 Å². The van der Waals surface area contributed by atoms with Crippen molar-refractivity contribution in [1.29, 1.82) is 0 Å². The van der Waals surface area contributed by atoms with Gasteiger partial charge < -0.3 is 0 Å². The van der Waals surface area contributed by atoms with Crippen molar-refractivity contribution in [1.82, 2.24) is 9.88 Å². The fraction of sp³-hybridized carbons (Fsp3) is 0.353. The van der Waals surface area contributed by atoms with E-state index >= 15 is 0 Å². The van der Waals surface area contributed by atoms with Crippen molar-refractivity contribution in [3.63, 3.8) is 0 Å². The highest BCUT2D eigenvalue weighted by atomic mass is 15.1. The van der Waals surface area contributed by atoms with Gasteiger partial charge in [-0.3, -0.25) is 9.88 Å². The third kappa shape index (κ3) is 4.49. The normalized spacial score (nSPS) is 12.6. The highest BCUT2D eigenvalue weighted by molar-refractivity contribution is 5.14. The second-order valence-electron chi connectivity index (χ2n) is 5.14. The Morgan fingerprint density at radius 3 is 2.37 bits per heavy atom. The van der Waals surface area contributed by atoms with Crippen molar-refractivity contribution >= 4 is 0 Å². The van der Waals surface area contributed by atoms with Crippen LogP contribution in [0.25, 0.3) is 0 Å². The van der Waals surface area contributed by atoms with Gasteiger partial charge in [0.25, 0.3) is 0 Å². The van der Waals surface area contributed by atoms with Gasteiger partial charge in [0, 0.05) is 25.0 Å². The van der Waals surface area contributed by atoms with Crippen molar-refractivity contribution in [3.8, 4) is 0 Å². The minimum absolute atomic E-state index is 0.577. The Morgan fingerprint density at radius 2 is 1.68 bits per heavy atom. The van der Waals surface area contributed by atoms with Gasteiger partial charge in [-0.05, 0) is 50.1 Å². The molecule has 2 rings (SSSR count). The summed E-state index contributed by atoms with van der Waals surface area (Å²) in [6.07, 6.45) is 6.03. The van der Waals surface area contributed by atoms with E-state index < -0.39 is 0 Å². The lowest BCUT2D eigenvalue weighted by Crippen LogP contribution is -2.28. The summed E-state index contributed by atoms with van der Waals surface area (Å²) in [6, 6.07) is 15.4. The zero-order valence-corrected chi connectivity index (χ0v) is 11.8. The molecule has 0 aliphatic carbocycles. The van der Waals surface area contributed by atoms with Crippen molar-refractivity contribution < 1.29 is 0 Å². The molecule has 0 radical (unpaired) electrons. The SMILES string of the molecule is CC(CCc1ccncc1)N(C)Cc1ccccc1. The van der Waals surface area contributed by atoms with Gasteiger partial charge in [0.15, 0.2) is 0 Å². The zero-order valence-electron chi connectivity index (χ0n) is 11.8. The van der Waals surface area contributed by atoms with Crippen LogP contribution >= 0.6 is 0 Å². The third-order valence-electron chi connectivity index (χ3n) is 3.63. The molecule has 0 N–H and O–H groups in total. The first-order valence-corrected chi connectivity index (χ1v) is 6.89. The van der Waals surface area contributed by atoms with Crippen LogP contribution in [0.1, 0.15) is 24.5 Å². The smallest absolute Gasteiger partial charge is 0.0270 e. The molecule has 0 aliphatic heterocycles. The fourth-order valence-corrected chi connectivity index (χ4v) is 2.17. The fourth-order valence-electron chi connectivity index (χ4n) is 2.17. The minimum atomic E-state index is 0.577. The Labute approximate surface area is 116 Å². The van der Waals surface area contributed by atoms with Gasteiger partial charge in [0.05, 0.1) is 0 Å². The molecule has 2 heteroatoms. The van der Waals surface area contributed by atoms with Crippen LogP contribution in [0.5, 0.6) is 0 Å². The molecule has 0 saturated heterocycles. The van der Waals surface area contributed by atoms with Gasteiger partial charge in [-0.15, -0.1) is 0 Å². The van der Waals surface area contributed by atoms with Crippen LogP contribution in [0, 0.1) is 0 Å². The second kappa shape index (κ2) is 7.05. The molecule has 1 aromatic carbocycles. The summed E-state index contributed by atoms with van der Waals surface area (Å²) < 4.78 is 0. The molecule has 19 heavy (non-hydrogen) atoms. The highest BCUT2D eigenvalue weighted by Gasteiger charge is 2.09. The van der Waals surface area contributed by atoms with Crippen molar-refractivity contribution in [2.24, 2.45) is 0 Å². The van der Waals surface area contributed by atoms with Gasteiger partial charge in [0.1, 0.15) is 0 Å². The van der Waals surface area contributed by atoms with Gasteiger partial charge in [-0.2, -0.15) is 0 Å². The lowest BCUT2D eigenvalue weighted by Gasteiger charge is -2.24. The predicted molar refractivity (Wildman–Crippen MR) is 79.9 cm³/mol. The molecule has 0 spiro atoms. The Morgan fingerprint density at radius 1 is 1.00 bits per heavy atom. The molecular weight excluding hydrogens is 232 g/mol. The van der Waals surface area contributed by atoms with Crippen LogP contribution in [-0.2, 0) is 13.0 Å². The van der Waals surface area contributed by atoms with E-state index in [1.165, 1.54) is 17.5 Å². The van der Waals surface area contributed by atoms with Crippen LogP contribution in [-0.4, -0.2) is 23.0 Å². The zero-order chi connectivity index (χ0) is 13.5. The first-order valence-electron chi connectivity index (χ1n) is 6.89. The van der Waals surface area contributed by atoms with Crippen LogP contribution in [0.4, 0.5) is 0 Å². The standard InChI is InChI=1S/C17H22N2/c1-15(8-9-16-10-12-18-13-11-16)19(2)14-17-6-4-3-5-7-17/h3-7,10-13,15H,8-9,14H2,1-2H3. The number of aromatic nitrogens is 1. The summed E-state index contributed by atoms with van der Waals surface area (Å²) in [5, 5.41) is 0. The first kappa shape index (κ1) is 13.8. The molecule has 2 aromatic rings. The van der Waals surface area contributed by atoms with E-state index in [2.05, 4.69) is 66.3 Å². The van der Waals surface area contributed by atoms with Crippen LogP contribution < -0.4 is 0 Å². The lowest BCUT2D eigenvalue weighted by atomic mass is 10.1. The summed E-state index contributed by atoms with van der Waals surface area (Å²) in [5.74, 6) is 0. The second-order valence-corrected chi connectivity index (χ2v) is 5.14. The summed E-state index contributed by atoms with van der Waals surface area (Å²) in [5.41, 5.74) is 2.75. The molecule has 0 aliphatic rings. The summed E-state index contributed by atoms with van der Waals surface area (Å²) in [4.78, 5) is 6.47. The Hall–Kier alpha value is -1.67. The van der Waals surface area contributed by atoms with E-state index in [0.29, 0.717) is 6.04 Å². The van der Waals surface area contributed by atoms with Crippen molar-refractivity contribution in [2.45, 2.75) is 32.4 Å². The van der Waals surface area contributed by atoms with Gasteiger partial charge >= 0.3 is 0 Å². The van der Waals surface area contributed by atoms with E-state index in [-0.39, 0.29) is 0 Å². The third-order valence-corrected chi connectivity index (χ3v) is 3.63. The molecular formula is C17H22N2. The predicted octanol–water partition coefficient (Wildman–Crippen LogP) is 3.53. The van der Waals surface area contributed by atoms with E-state index in [4.69, 9.17) is 0 Å². The van der Waals surface area contributed by atoms with Crippen LogP contribution in [0.3, 0.4) is 0 Å². The van der Waals surface area contributed by atoms with Gasteiger partial charge in [-0.1, -0.05) is 30.3 Å². The van der Waals surface area contributed by atoms with E-state index in [1.54, 1.807) is 0 Å².